The molecule has 0 spiro atoms. The number of carbonyl (C=O) groups is 3. The number of carboxylic acid groups (broad SMARTS) is 1. The maximum Gasteiger partial charge on any atom is 0.328 e. The van der Waals surface area contributed by atoms with Crippen molar-refractivity contribution in [3.05, 3.63) is 64.7 Å². The second-order valence-corrected chi connectivity index (χ2v) is 7.51. The fourth-order valence-corrected chi connectivity index (χ4v) is 3.09. The van der Waals surface area contributed by atoms with Gasteiger partial charge in [0.05, 0.1) is 12.6 Å². The van der Waals surface area contributed by atoms with Gasteiger partial charge in [-0.3, -0.25) is 4.79 Å². The Hall–Kier alpha value is -3.55. The zero-order valence-corrected chi connectivity index (χ0v) is 18.2. The van der Waals surface area contributed by atoms with Gasteiger partial charge in [-0.1, -0.05) is 30.3 Å². The van der Waals surface area contributed by atoms with E-state index in [1.54, 1.807) is 26.0 Å². The topological polar surface area (TPSA) is 117 Å². The SMILES string of the molecule is Cc1cc(OC(C)C)cc(C)c1C(=O)N[C@@H](CNC(=O)NCc1ccccc1)C(=O)O. The Bertz CT molecular complexity index is 905. The van der Waals surface area contributed by atoms with Gasteiger partial charge in [0, 0.05) is 12.1 Å². The summed E-state index contributed by atoms with van der Waals surface area (Å²) in [7, 11) is 0. The number of rotatable bonds is 9. The number of carboxylic acids is 1. The van der Waals surface area contributed by atoms with Crippen LogP contribution in [0.4, 0.5) is 4.79 Å². The number of carbonyl (C=O) groups excluding carboxylic acids is 2. The number of nitrogens with one attached hydrogen (secondary N) is 3. The molecule has 0 unspecified atom stereocenters. The van der Waals surface area contributed by atoms with E-state index in [-0.39, 0.29) is 12.6 Å². The molecule has 31 heavy (non-hydrogen) atoms. The Kier molecular flexibility index (Phi) is 8.43. The lowest BCUT2D eigenvalue weighted by molar-refractivity contribution is -0.139. The number of benzene rings is 2. The summed E-state index contributed by atoms with van der Waals surface area (Å²) in [6.45, 7) is 7.39. The number of hydrogen-bond donors (Lipinski definition) is 4. The van der Waals surface area contributed by atoms with Crippen molar-refractivity contribution in [2.45, 2.75) is 46.4 Å². The van der Waals surface area contributed by atoms with E-state index in [0.717, 1.165) is 5.56 Å². The van der Waals surface area contributed by atoms with Crippen molar-refractivity contribution in [3.63, 3.8) is 0 Å². The van der Waals surface area contributed by atoms with E-state index in [0.29, 0.717) is 29.0 Å². The summed E-state index contributed by atoms with van der Waals surface area (Å²) in [5.74, 6) is -1.12. The quantitative estimate of drug-likeness (QED) is 0.491. The predicted octanol–water partition coefficient (Wildman–Crippen LogP) is 2.77. The zero-order valence-electron chi connectivity index (χ0n) is 18.2. The Morgan fingerprint density at radius 3 is 2.16 bits per heavy atom. The molecule has 8 nitrogen and oxygen atoms in total. The van der Waals surface area contributed by atoms with Crippen LogP contribution in [-0.2, 0) is 11.3 Å². The van der Waals surface area contributed by atoms with Gasteiger partial charge in [0.1, 0.15) is 11.8 Å². The maximum atomic E-state index is 12.7. The molecule has 0 aliphatic rings. The summed E-state index contributed by atoms with van der Waals surface area (Å²) >= 11 is 0. The van der Waals surface area contributed by atoms with Gasteiger partial charge in [-0.15, -0.1) is 0 Å². The van der Waals surface area contributed by atoms with Crippen LogP contribution in [0.1, 0.15) is 40.9 Å². The molecular formula is C23H29N3O5. The number of aryl methyl sites for hydroxylation is 2. The third-order valence-corrected chi connectivity index (χ3v) is 4.47. The Morgan fingerprint density at radius 1 is 1.00 bits per heavy atom. The Morgan fingerprint density at radius 2 is 1.61 bits per heavy atom. The van der Waals surface area contributed by atoms with Crippen molar-refractivity contribution >= 4 is 17.9 Å². The lowest BCUT2D eigenvalue weighted by atomic mass is 10.0. The highest BCUT2D eigenvalue weighted by molar-refractivity contribution is 5.99. The molecule has 166 valence electrons. The van der Waals surface area contributed by atoms with Crippen molar-refractivity contribution in [2.24, 2.45) is 0 Å². The minimum absolute atomic E-state index is 0.00557. The highest BCUT2D eigenvalue weighted by atomic mass is 16.5. The van der Waals surface area contributed by atoms with Crippen LogP contribution in [0.15, 0.2) is 42.5 Å². The van der Waals surface area contributed by atoms with E-state index in [9.17, 15) is 19.5 Å². The minimum atomic E-state index is -1.28. The van der Waals surface area contributed by atoms with Crippen LogP contribution in [0.2, 0.25) is 0 Å². The van der Waals surface area contributed by atoms with Crippen LogP contribution >= 0.6 is 0 Å². The van der Waals surface area contributed by atoms with Crippen LogP contribution in [-0.4, -0.2) is 41.7 Å². The Labute approximate surface area is 182 Å². The maximum absolute atomic E-state index is 12.7. The third kappa shape index (κ3) is 7.33. The molecule has 8 heteroatoms. The van der Waals surface area contributed by atoms with Crippen LogP contribution in [0.3, 0.4) is 0 Å². The molecule has 3 amide bonds. The summed E-state index contributed by atoms with van der Waals surface area (Å²) in [4.78, 5) is 36.3. The third-order valence-electron chi connectivity index (χ3n) is 4.47. The molecular weight excluding hydrogens is 398 g/mol. The Balaban J connectivity index is 1.97. The van der Waals surface area contributed by atoms with Crippen molar-refractivity contribution in [2.75, 3.05) is 6.54 Å². The second-order valence-electron chi connectivity index (χ2n) is 7.51. The summed E-state index contributed by atoms with van der Waals surface area (Å²) < 4.78 is 5.67. The van der Waals surface area contributed by atoms with Gasteiger partial charge in [-0.05, 0) is 56.5 Å². The van der Waals surface area contributed by atoms with Gasteiger partial charge >= 0.3 is 12.0 Å². The van der Waals surface area contributed by atoms with E-state index in [1.807, 2.05) is 44.2 Å². The highest BCUT2D eigenvalue weighted by Crippen LogP contribution is 2.23. The molecule has 4 N–H and O–H groups in total. The lowest BCUT2D eigenvalue weighted by Crippen LogP contribution is -2.50. The monoisotopic (exact) mass is 427 g/mol. The average molecular weight is 428 g/mol. The molecule has 0 aromatic heterocycles. The molecule has 2 aromatic carbocycles. The minimum Gasteiger partial charge on any atom is -0.491 e. The second kappa shape index (κ2) is 11.0. The molecule has 0 saturated heterocycles. The molecule has 0 heterocycles. The van der Waals surface area contributed by atoms with Crippen LogP contribution in [0, 0.1) is 13.8 Å². The normalized spacial score (nSPS) is 11.5. The van der Waals surface area contributed by atoms with Crippen molar-refractivity contribution < 1.29 is 24.2 Å². The van der Waals surface area contributed by atoms with Gasteiger partial charge in [-0.25, -0.2) is 9.59 Å². The van der Waals surface area contributed by atoms with Crippen LogP contribution < -0.4 is 20.7 Å². The standard InChI is InChI=1S/C23H29N3O5/c1-14(2)31-18-10-15(3)20(16(4)11-18)21(27)26-19(22(28)29)13-25-23(30)24-12-17-8-6-5-7-9-17/h5-11,14,19H,12-13H2,1-4H3,(H,26,27)(H,28,29)(H2,24,25,30)/t19-/m0/s1. The first kappa shape index (κ1) is 23.7. The molecule has 0 aliphatic carbocycles. The number of ether oxygens (including phenoxy) is 1. The van der Waals surface area contributed by atoms with Crippen molar-refractivity contribution in [3.8, 4) is 5.75 Å². The smallest absolute Gasteiger partial charge is 0.328 e. The zero-order chi connectivity index (χ0) is 23.0. The first-order chi connectivity index (χ1) is 14.7. The summed E-state index contributed by atoms with van der Waals surface area (Å²) in [5, 5.41) is 17.1. The highest BCUT2D eigenvalue weighted by Gasteiger charge is 2.23. The van der Waals surface area contributed by atoms with E-state index < -0.39 is 23.9 Å². The van der Waals surface area contributed by atoms with E-state index in [1.165, 1.54) is 0 Å². The van der Waals surface area contributed by atoms with Crippen molar-refractivity contribution in [1.29, 1.82) is 0 Å². The number of amides is 3. The molecule has 0 bridgehead atoms. The molecule has 0 radical (unpaired) electrons. The van der Waals surface area contributed by atoms with Gasteiger partial charge in [0.25, 0.3) is 5.91 Å². The number of aliphatic carboxylic acids is 1. The average Bonchev–Trinajstić information content (AvgIpc) is 2.69. The van der Waals surface area contributed by atoms with Crippen molar-refractivity contribution in [1.82, 2.24) is 16.0 Å². The first-order valence-corrected chi connectivity index (χ1v) is 10.0. The molecule has 2 aromatic rings. The van der Waals surface area contributed by atoms with E-state index >= 15 is 0 Å². The number of urea groups is 1. The van der Waals surface area contributed by atoms with E-state index in [2.05, 4.69) is 16.0 Å². The fourth-order valence-electron chi connectivity index (χ4n) is 3.09. The predicted molar refractivity (Wildman–Crippen MR) is 117 cm³/mol. The lowest BCUT2D eigenvalue weighted by Gasteiger charge is -2.19. The molecule has 0 fully saturated rings. The summed E-state index contributed by atoms with van der Waals surface area (Å²) in [5.41, 5.74) is 2.64. The van der Waals surface area contributed by atoms with Crippen LogP contribution in [0.5, 0.6) is 5.75 Å². The summed E-state index contributed by atoms with van der Waals surface area (Å²) in [6.07, 6.45) is -0.00557. The van der Waals surface area contributed by atoms with Gasteiger partial charge in [0.15, 0.2) is 0 Å². The van der Waals surface area contributed by atoms with Gasteiger partial charge in [-0.2, -0.15) is 0 Å². The first-order valence-electron chi connectivity index (χ1n) is 10.0. The molecule has 1 atom stereocenters. The number of hydrogen-bond acceptors (Lipinski definition) is 4. The molecule has 2 rings (SSSR count). The van der Waals surface area contributed by atoms with Crippen LogP contribution in [0.25, 0.3) is 0 Å². The molecule has 0 saturated carbocycles. The summed E-state index contributed by atoms with van der Waals surface area (Å²) in [6, 6.07) is 11.0. The van der Waals surface area contributed by atoms with Gasteiger partial charge in [0.2, 0.25) is 0 Å². The fraction of sp³-hybridized carbons (Fsp3) is 0.348. The largest absolute Gasteiger partial charge is 0.491 e. The van der Waals surface area contributed by atoms with E-state index in [4.69, 9.17) is 4.74 Å². The van der Waals surface area contributed by atoms with Gasteiger partial charge < -0.3 is 25.8 Å². The molecule has 0 aliphatic heterocycles.